The summed E-state index contributed by atoms with van der Waals surface area (Å²) in [6, 6.07) is 8.76. The lowest BCUT2D eigenvalue weighted by molar-refractivity contribution is 0.0387. The molecule has 4 nitrogen and oxygen atoms in total. The van der Waals surface area contributed by atoms with Crippen LogP contribution in [0.25, 0.3) is 0 Å². The lowest BCUT2D eigenvalue weighted by Gasteiger charge is -2.22. The van der Waals surface area contributed by atoms with Crippen LogP contribution in [0.15, 0.2) is 30.3 Å². The van der Waals surface area contributed by atoms with Crippen LogP contribution >= 0.6 is 0 Å². The second-order valence-electron chi connectivity index (χ2n) is 6.04. The van der Waals surface area contributed by atoms with Crippen molar-refractivity contribution in [1.82, 2.24) is 0 Å². The molecular formula is C18H24O4. The van der Waals surface area contributed by atoms with E-state index < -0.39 is 12.3 Å². The summed E-state index contributed by atoms with van der Waals surface area (Å²) in [5, 5.41) is 8.85. The van der Waals surface area contributed by atoms with Crippen LogP contribution in [0.2, 0.25) is 0 Å². The lowest BCUT2D eigenvalue weighted by Crippen LogP contribution is -2.27. The second-order valence-corrected chi connectivity index (χ2v) is 6.04. The van der Waals surface area contributed by atoms with Crippen molar-refractivity contribution in [3.05, 3.63) is 35.9 Å². The first kappa shape index (κ1) is 16.5. The van der Waals surface area contributed by atoms with Gasteiger partial charge in [-0.1, -0.05) is 68.9 Å². The van der Waals surface area contributed by atoms with Crippen LogP contribution in [0.4, 0.5) is 4.79 Å². The van der Waals surface area contributed by atoms with Gasteiger partial charge in [-0.25, -0.2) is 4.79 Å². The van der Waals surface area contributed by atoms with Gasteiger partial charge in [-0.2, -0.15) is 0 Å². The summed E-state index contributed by atoms with van der Waals surface area (Å²) in [5.41, 5.74) is 0.506. The van der Waals surface area contributed by atoms with E-state index in [1.54, 1.807) is 24.3 Å². The van der Waals surface area contributed by atoms with Crippen LogP contribution in [0, 0.1) is 5.92 Å². The third-order valence-corrected chi connectivity index (χ3v) is 4.40. The van der Waals surface area contributed by atoms with E-state index in [0.717, 1.165) is 18.8 Å². The number of rotatable bonds is 7. The van der Waals surface area contributed by atoms with E-state index in [2.05, 4.69) is 0 Å². The number of ether oxygens (including phenoxy) is 1. The normalized spacial score (nSPS) is 16.9. The lowest BCUT2D eigenvalue weighted by atomic mass is 9.85. The topological polar surface area (TPSA) is 63.6 Å². The van der Waals surface area contributed by atoms with Gasteiger partial charge < -0.3 is 9.84 Å². The first-order valence-electron chi connectivity index (χ1n) is 8.15. The van der Waals surface area contributed by atoms with Gasteiger partial charge in [-0.3, -0.25) is 4.79 Å². The van der Waals surface area contributed by atoms with Crippen LogP contribution in [-0.4, -0.2) is 23.1 Å². The molecule has 1 atom stereocenters. The number of carbonyl (C=O) groups excluding carboxylic acids is 1. The largest absolute Gasteiger partial charge is 0.506 e. The molecule has 1 aromatic rings. The maximum Gasteiger partial charge on any atom is 0.506 e. The van der Waals surface area contributed by atoms with Crippen LogP contribution in [0.1, 0.15) is 61.7 Å². The van der Waals surface area contributed by atoms with Crippen molar-refractivity contribution in [2.45, 2.75) is 57.5 Å². The Labute approximate surface area is 131 Å². The number of carboxylic acid groups (broad SMARTS) is 1. The van der Waals surface area contributed by atoms with Crippen LogP contribution in [0.5, 0.6) is 0 Å². The van der Waals surface area contributed by atoms with Gasteiger partial charge in [0.1, 0.15) is 0 Å². The molecule has 1 aliphatic carbocycles. The molecule has 0 spiro atoms. The summed E-state index contributed by atoms with van der Waals surface area (Å²) in [4.78, 5) is 23.2. The van der Waals surface area contributed by atoms with Crippen molar-refractivity contribution in [3.63, 3.8) is 0 Å². The molecule has 0 aromatic heterocycles. The number of hydrogen-bond acceptors (Lipinski definition) is 3. The predicted octanol–water partition coefficient (Wildman–Crippen LogP) is 4.68. The molecule has 0 saturated heterocycles. The molecule has 22 heavy (non-hydrogen) atoms. The molecule has 0 heterocycles. The highest BCUT2D eigenvalue weighted by molar-refractivity contribution is 6.00. The molecule has 2 rings (SSSR count). The van der Waals surface area contributed by atoms with E-state index >= 15 is 0 Å². The van der Waals surface area contributed by atoms with Gasteiger partial charge in [0, 0.05) is 5.56 Å². The number of ketones is 1. The van der Waals surface area contributed by atoms with Crippen molar-refractivity contribution in [2.24, 2.45) is 5.92 Å². The van der Waals surface area contributed by atoms with E-state index in [-0.39, 0.29) is 5.78 Å². The smallest absolute Gasteiger partial charge is 0.450 e. The van der Waals surface area contributed by atoms with Crippen molar-refractivity contribution < 1.29 is 19.4 Å². The van der Waals surface area contributed by atoms with Crippen molar-refractivity contribution in [1.29, 1.82) is 0 Å². The summed E-state index contributed by atoms with van der Waals surface area (Å²) in [6.45, 7) is 0. The quantitative estimate of drug-likeness (QED) is 0.586. The van der Waals surface area contributed by atoms with Gasteiger partial charge in [-0.15, -0.1) is 0 Å². The SMILES string of the molecule is O=C(O)OC(CCCC1CCCCC1)C(=O)c1ccccc1. The molecule has 1 unspecified atom stereocenters. The molecule has 0 radical (unpaired) electrons. The third kappa shape index (κ3) is 5.17. The fourth-order valence-electron chi connectivity index (χ4n) is 3.22. The van der Waals surface area contributed by atoms with Gasteiger partial charge in [0.25, 0.3) is 0 Å². The zero-order chi connectivity index (χ0) is 15.8. The highest BCUT2D eigenvalue weighted by Crippen LogP contribution is 2.28. The molecule has 0 aliphatic heterocycles. The monoisotopic (exact) mass is 304 g/mol. The Morgan fingerprint density at radius 1 is 1.14 bits per heavy atom. The zero-order valence-corrected chi connectivity index (χ0v) is 12.9. The number of hydrogen-bond donors (Lipinski definition) is 1. The summed E-state index contributed by atoms with van der Waals surface area (Å²) in [6.07, 6.45) is 6.53. The third-order valence-electron chi connectivity index (χ3n) is 4.40. The van der Waals surface area contributed by atoms with Crippen molar-refractivity contribution >= 4 is 11.9 Å². The second kappa shape index (κ2) is 8.57. The first-order chi connectivity index (χ1) is 10.7. The Kier molecular flexibility index (Phi) is 6.44. The molecule has 1 saturated carbocycles. The van der Waals surface area contributed by atoms with Crippen LogP contribution in [0.3, 0.4) is 0 Å². The van der Waals surface area contributed by atoms with Crippen LogP contribution < -0.4 is 0 Å². The Balaban J connectivity index is 1.88. The summed E-state index contributed by atoms with van der Waals surface area (Å²) < 4.78 is 4.82. The minimum Gasteiger partial charge on any atom is -0.450 e. The van der Waals surface area contributed by atoms with Gasteiger partial charge >= 0.3 is 6.16 Å². The van der Waals surface area contributed by atoms with Crippen molar-refractivity contribution in [3.8, 4) is 0 Å². The molecule has 1 N–H and O–H groups in total. The van der Waals surface area contributed by atoms with Gasteiger partial charge in [0.05, 0.1) is 0 Å². The maximum absolute atomic E-state index is 12.4. The summed E-state index contributed by atoms with van der Waals surface area (Å²) in [7, 11) is 0. The Hall–Kier alpha value is -1.84. The highest BCUT2D eigenvalue weighted by Gasteiger charge is 2.24. The van der Waals surface area contributed by atoms with Crippen molar-refractivity contribution in [2.75, 3.05) is 0 Å². The standard InChI is InChI=1S/C18H24O4/c19-17(15-11-5-2-6-12-15)16(22-18(20)21)13-7-10-14-8-3-1-4-9-14/h2,5-6,11-12,14,16H,1,3-4,7-10,13H2,(H,20,21). The molecule has 0 amide bonds. The Bertz CT molecular complexity index is 477. The molecule has 1 aromatic carbocycles. The average molecular weight is 304 g/mol. The summed E-state index contributed by atoms with van der Waals surface area (Å²) >= 11 is 0. The fourth-order valence-corrected chi connectivity index (χ4v) is 3.22. The first-order valence-corrected chi connectivity index (χ1v) is 8.15. The van der Waals surface area contributed by atoms with Crippen LogP contribution in [-0.2, 0) is 4.74 Å². The van der Waals surface area contributed by atoms with E-state index in [1.807, 2.05) is 6.07 Å². The highest BCUT2D eigenvalue weighted by atomic mass is 16.7. The number of carbonyl (C=O) groups is 2. The molecule has 1 fully saturated rings. The van der Waals surface area contributed by atoms with E-state index in [9.17, 15) is 9.59 Å². The van der Waals surface area contributed by atoms with Gasteiger partial charge in [0.2, 0.25) is 5.78 Å². The predicted molar refractivity (Wildman–Crippen MR) is 84.1 cm³/mol. The Morgan fingerprint density at radius 3 is 2.45 bits per heavy atom. The molecule has 120 valence electrons. The molecule has 4 heteroatoms. The Morgan fingerprint density at radius 2 is 1.82 bits per heavy atom. The fraction of sp³-hybridized carbons (Fsp3) is 0.556. The van der Waals surface area contributed by atoms with E-state index in [4.69, 9.17) is 9.84 Å². The van der Waals surface area contributed by atoms with Gasteiger partial charge in [-0.05, 0) is 18.8 Å². The maximum atomic E-state index is 12.4. The minimum atomic E-state index is -1.38. The average Bonchev–Trinajstić information content (AvgIpc) is 2.55. The minimum absolute atomic E-state index is 0.244. The number of benzene rings is 1. The van der Waals surface area contributed by atoms with E-state index in [1.165, 1.54) is 32.1 Å². The molecule has 0 bridgehead atoms. The molecular weight excluding hydrogens is 280 g/mol. The molecule has 1 aliphatic rings. The zero-order valence-electron chi connectivity index (χ0n) is 12.9. The summed E-state index contributed by atoms with van der Waals surface area (Å²) in [5.74, 6) is 0.484. The number of Topliss-reactive ketones (excluding diaryl/α,β-unsaturated/α-hetero) is 1. The van der Waals surface area contributed by atoms with Gasteiger partial charge in [0.15, 0.2) is 6.10 Å². The van der Waals surface area contributed by atoms with E-state index in [0.29, 0.717) is 12.0 Å².